The van der Waals surface area contributed by atoms with Gasteiger partial charge < -0.3 is 4.90 Å². The number of carbonyl (C=O) groups is 1. The fourth-order valence-electron chi connectivity index (χ4n) is 2.37. The van der Waals surface area contributed by atoms with Crippen LogP contribution in [0, 0.1) is 11.8 Å². The molecule has 0 aliphatic heterocycles. The van der Waals surface area contributed by atoms with Crippen LogP contribution in [-0.4, -0.2) is 64.7 Å². The molecule has 0 aromatic rings. The number of nitrogens with zero attached hydrogens (tertiary/aromatic N) is 4. The Bertz CT molecular complexity index is 621. The molecule has 0 heterocycles. The van der Waals surface area contributed by atoms with Crippen molar-refractivity contribution in [3.05, 3.63) is 11.8 Å². The second-order valence-electron chi connectivity index (χ2n) is 6.94. The highest BCUT2D eigenvalue weighted by molar-refractivity contribution is 7.80. The van der Waals surface area contributed by atoms with E-state index < -0.39 is 0 Å². The van der Waals surface area contributed by atoms with Crippen LogP contribution in [0.15, 0.2) is 16.9 Å². The maximum atomic E-state index is 12.7. The van der Waals surface area contributed by atoms with Crippen LogP contribution >= 0.6 is 24.4 Å². The van der Waals surface area contributed by atoms with E-state index in [1.165, 1.54) is 0 Å². The molecule has 2 aliphatic rings. The molecule has 2 saturated carbocycles. The van der Waals surface area contributed by atoms with Crippen LogP contribution in [0.3, 0.4) is 0 Å². The van der Waals surface area contributed by atoms with Gasteiger partial charge in [-0.05, 0) is 32.6 Å². The molecule has 0 unspecified atom stereocenters. The monoisotopic (exact) mass is 381 g/mol. The van der Waals surface area contributed by atoms with Gasteiger partial charge in [0.15, 0.2) is 0 Å². The highest BCUT2D eigenvalue weighted by atomic mass is 32.1. The van der Waals surface area contributed by atoms with Crippen molar-refractivity contribution >= 4 is 46.0 Å². The van der Waals surface area contributed by atoms with E-state index >= 15 is 0 Å². The van der Waals surface area contributed by atoms with Gasteiger partial charge in [0.05, 0.1) is 16.3 Å². The van der Waals surface area contributed by atoms with Gasteiger partial charge in [0.25, 0.3) is 5.91 Å². The van der Waals surface area contributed by atoms with Gasteiger partial charge in [0, 0.05) is 46.2 Å². The number of thiocarbonyl (C=S) groups is 2. The highest BCUT2D eigenvalue weighted by Crippen LogP contribution is 2.32. The lowest BCUT2D eigenvalue weighted by Crippen LogP contribution is -2.45. The Kier molecular flexibility index (Phi) is 6.51. The standard InChI is InChI=1S/C17H27N5OS2/c1-11(18-21(4)16(24)12-6-7-12)14(10-20(2)3)15(23)19-22(5)17(25)13-8-9-13/h10,12-13H,6-9H2,1-5H3,(H,19,23)/b14-10?,18-11-. The summed E-state index contributed by atoms with van der Waals surface area (Å²) in [5.74, 6) is 0.637. The predicted molar refractivity (Wildman–Crippen MR) is 109 cm³/mol. The van der Waals surface area contributed by atoms with Crippen molar-refractivity contribution in [2.45, 2.75) is 32.6 Å². The van der Waals surface area contributed by atoms with Crippen LogP contribution in [0.25, 0.3) is 0 Å². The number of hydrogen-bond donors (Lipinski definition) is 1. The lowest BCUT2D eigenvalue weighted by atomic mass is 10.2. The Morgan fingerprint density at radius 3 is 2.04 bits per heavy atom. The van der Waals surface area contributed by atoms with Crippen molar-refractivity contribution in [2.75, 3.05) is 28.2 Å². The summed E-state index contributed by atoms with van der Waals surface area (Å²) >= 11 is 10.8. The van der Waals surface area contributed by atoms with Crippen molar-refractivity contribution in [1.82, 2.24) is 20.3 Å². The first-order valence-corrected chi connectivity index (χ1v) is 9.32. The smallest absolute Gasteiger partial charge is 0.273 e. The predicted octanol–water partition coefficient (Wildman–Crippen LogP) is 2.18. The minimum Gasteiger partial charge on any atom is -0.383 e. The summed E-state index contributed by atoms with van der Waals surface area (Å²) in [6.07, 6.45) is 6.22. The number of carbonyl (C=O) groups excluding carboxylic acids is 1. The number of rotatable bonds is 6. The lowest BCUT2D eigenvalue weighted by molar-refractivity contribution is -0.119. The van der Waals surface area contributed by atoms with Gasteiger partial charge in [-0.15, -0.1) is 0 Å². The second-order valence-corrected chi connectivity index (χ2v) is 7.78. The molecule has 0 aromatic heterocycles. The Morgan fingerprint density at radius 1 is 1.04 bits per heavy atom. The van der Waals surface area contributed by atoms with Crippen molar-refractivity contribution in [3.8, 4) is 0 Å². The van der Waals surface area contributed by atoms with E-state index in [2.05, 4.69) is 10.5 Å². The summed E-state index contributed by atoms with van der Waals surface area (Å²) in [6, 6.07) is 0. The summed E-state index contributed by atoms with van der Waals surface area (Å²) in [7, 11) is 7.37. The maximum Gasteiger partial charge on any atom is 0.273 e. The first-order valence-electron chi connectivity index (χ1n) is 8.50. The summed E-state index contributed by atoms with van der Waals surface area (Å²) in [6.45, 7) is 1.82. The summed E-state index contributed by atoms with van der Waals surface area (Å²) in [5.41, 5.74) is 3.95. The Hall–Kier alpha value is -1.54. The molecule has 2 aliphatic carbocycles. The van der Waals surface area contributed by atoms with Crippen LogP contribution in [0.5, 0.6) is 0 Å². The summed E-state index contributed by atoms with van der Waals surface area (Å²) in [5, 5.41) is 7.86. The lowest BCUT2D eigenvalue weighted by Gasteiger charge is -2.23. The van der Waals surface area contributed by atoms with Gasteiger partial charge in [-0.3, -0.25) is 20.2 Å². The van der Waals surface area contributed by atoms with E-state index in [9.17, 15) is 4.79 Å². The van der Waals surface area contributed by atoms with E-state index in [1.54, 1.807) is 23.3 Å². The average molecular weight is 382 g/mol. The molecule has 8 heteroatoms. The molecule has 0 bridgehead atoms. The minimum absolute atomic E-state index is 0.230. The number of hydrazone groups is 1. The second kappa shape index (κ2) is 8.23. The van der Waals surface area contributed by atoms with E-state index in [-0.39, 0.29) is 5.91 Å². The molecule has 6 nitrogen and oxygen atoms in total. The number of nitrogens with one attached hydrogen (secondary N) is 1. The third-order valence-corrected chi connectivity index (χ3v) is 5.30. The minimum atomic E-state index is -0.230. The molecule has 0 spiro atoms. The van der Waals surface area contributed by atoms with Crippen LogP contribution < -0.4 is 5.43 Å². The molecule has 1 N–H and O–H groups in total. The Morgan fingerprint density at radius 2 is 1.56 bits per heavy atom. The molecular weight excluding hydrogens is 354 g/mol. The molecule has 0 atom stereocenters. The first kappa shape index (κ1) is 19.8. The highest BCUT2D eigenvalue weighted by Gasteiger charge is 2.30. The third kappa shape index (κ3) is 5.74. The van der Waals surface area contributed by atoms with Gasteiger partial charge in [0.2, 0.25) is 0 Å². The fourth-order valence-corrected chi connectivity index (χ4v) is 2.93. The van der Waals surface area contributed by atoms with Crippen LogP contribution in [0.4, 0.5) is 0 Å². The summed E-state index contributed by atoms with van der Waals surface area (Å²) in [4.78, 5) is 16.2. The molecular formula is C17H27N5OS2. The van der Waals surface area contributed by atoms with E-state index in [0.717, 1.165) is 35.7 Å². The third-order valence-electron chi connectivity index (χ3n) is 4.09. The number of amides is 1. The van der Waals surface area contributed by atoms with Gasteiger partial charge >= 0.3 is 0 Å². The molecule has 2 fully saturated rings. The molecule has 25 heavy (non-hydrogen) atoms. The largest absolute Gasteiger partial charge is 0.383 e. The van der Waals surface area contributed by atoms with Crippen LogP contribution in [0.2, 0.25) is 0 Å². The zero-order valence-electron chi connectivity index (χ0n) is 15.6. The fraction of sp³-hybridized carbons (Fsp3) is 0.647. The molecule has 0 saturated heterocycles. The van der Waals surface area contributed by atoms with Gasteiger partial charge in [-0.1, -0.05) is 24.4 Å². The van der Waals surface area contributed by atoms with Crippen LogP contribution in [-0.2, 0) is 4.79 Å². The zero-order valence-corrected chi connectivity index (χ0v) is 17.2. The molecule has 2 rings (SSSR count). The number of hydrazine groups is 1. The van der Waals surface area contributed by atoms with Crippen molar-refractivity contribution < 1.29 is 4.79 Å². The van der Waals surface area contributed by atoms with Crippen molar-refractivity contribution in [2.24, 2.45) is 16.9 Å². The van der Waals surface area contributed by atoms with Gasteiger partial charge in [-0.25, -0.2) is 0 Å². The van der Waals surface area contributed by atoms with E-state index in [0.29, 0.717) is 23.1 Å². The molecule has 1 amide bonds. The average Bonchev–Trinajstić information content (AvgIpc) is 3.41. The Balaban J connectivity index is 2.09. The molecule has 0 radical (unpaired) electrons. The maximum absolute atomic E-state index is 12.7. The molecule has 138 valence electrons. The zero-order chi connectivity index (χ0) is 18.7. The summed E-state index contributed by atoms with van der Waals surface area (Å²) < 4.78 is 0. The Labute approximate surface area is 160 Å². The molecule has 0 aromatic carbocycles. The van der Waals surface area contributed by atoms with Crippen molar-refractivity contribution in [3.63, 3.8) is 0 Å². The van der Waals surface area contributed by atoms with E-state index in [1.807, 2.05) is 33.0 Å². The topological polar surface area (TPSA) is 51.2 Å². The van der Waals surface area contributed by atoms with Gasteiger partial charge in [-0.2, -0.15) is 5.10 Å². The first-order chi connectivity index (χ1) is 11.7. The SMILES string of the molecule is C/C(=N/N(C)C(=S)C1CC1)C(=CN(C)C)C(=O)NN(C)C(=S)C1CC1. The number of hydrogen-bond acceptors (Lipinski definition) is 5. The van der Waals surface area contributed by atoms with Crippen molar-refractivity contribution in [1.29, 1.82) is 0 Å². The quantitative estimate of drug-likeness (QED) is 0.329. The normalized spacial score (nSPS) is 17.8. The van der Waals surface area contributed by atoms with Crippen LogP contribution in [0.1, 0.15) is 32.6 Å². The van der Waals surface area contributed by atoms with Gasteiger partial charge in [0.1, 0.15) is 4.99 Å². The van der Waals surface area contributed by atoms with E-state index in [4.69, 9.17) is 24.4 Å².